The van der Waals surface area contributed by atoms with Crippen molar-refractivity contribution in [2.75, 3.05) is 21.1 Å². The lowest BCUT2D eigenvalue weighted by molar-refractivity contribution is -0.921. The van der Waals surface area contributed by atoms with Crippen LogP contribution in [0.4, 0.5) is 0 Å². The van der Waals surface area contributed by atoms with Gasteiger partial charge in [0.15, 0.2) is 0 Å². The molecular weight excluding hydrogens is 260 g/mol. The van der Waals surface area contributed by atoms with Crippen LogP contribution in [0.15, 0.2) is 12.2 Å². The van der Waals surface area contributed by atoms with Gasteiger partial charge < -0.3 is 21.5 Å². The Labute approximate surface area is 103 Å². The number of nitrogens with zero attached hydrogens (tertiary/aromatic N) is 1. The fraction of sp³-hybridized carbons (Fsp3) is 0.700. The Morgan fingerprint density at radius 3 is 2.20 bits per heavy atom. The molecule has 0 saturated heterocycles. The molecule has 0 aromatic heterocycles. The number of carbonyl (C=O) groups is 1. The van der Waals surface area contributed by atoms with E-state index >= 15 is 0 Å². The second-order valence-corrected chi connectivity index (χ2v) is 4.31. The molecule has 0 rings (SSSR count). The number of hydroxylamine groups is 1. The van der Waals surface area contributed by atoms with Crippen molar-refractivity contribution in [3.05, 3.63) is 12.2 Å². The molecule has 0 heterocycles. The summed E-state index contributed by atoms with van der Waals surface area (Å²) in [5, 5.41) is 0. The fourth-order valence-electron chi connectivity index (χ4n) is 0.998. The standard InChI is InChI=1S/C10H20N2O2.BrH/c1-7-9(12(4,5)6)14-11-10(13)8(2)3;/h9H,2,7H2,1,3-6H3;1H. The molecule has 0 fully saturated rings. The SMILES string of the molecule is C=C(C)C(=O)NOC(CC)[N+](C)(C)C.[Br-]. The largest absolute Gasteiger partial charge is 1.00 e. The molecule has 4 nitrogen and oxygen atoms in total. The van der Waals surface area contributed by atoms with Crippen LogP contribution in [-0.4, -0.2) is 37.8 Å². The maximum absolute atomic E-state index is 11.1. The summed E-state index contributed by atoms with van der Waals surface area (Å²) in [5.74, 6) is -0.267. The van der Waals surface area contributed by atoms with E-state index in [0.29, 0.717) is 10.1 Å². The molecule has 0 aromatic rings. The third-order valence-electron chi connectivity index (χ3n) is 1.89. The average molecular weight is 281 g/mol. The van der Waals surface area contributed by atoms with E-state index < -0.39 is 0 Å². The topological polar surface area (TPSA) is 38.3 Å². The molecule has 1 atom stereocenters. The zero-order valence-corrected chi connectivity index (χ0v) is 11.7. The summed E-state index contributed by atoms with van der Waals surface area (Å²) >= 11 is 0. The number of amides is 1. The molecule has 0 aliphatic carbocycles. The Morgan fingerprint density at radius 2 is 1.93 bits per heavy atom. The molecule has 1 N–H and O–H groups in total. The van der Waals surface area contributed by atoms with E-state index in [2.05, 4.69) is 12.1 Å². The summed E-state index contributed by atoms with van der Waals surface area (Å²) in [6.45, 7) is 7.18. The van der Waals surface area contributed by atoms with Gasteiger partial charge in [-0.2, -0.15) is 0 Å². The van der Waals surface area contributed by atoms with Gasteiger partial charge in [-0.3, -0.25) is 4.79 Å². The fourth-order valence-corrected chi connectivity index (χ4v) is 0.998. The molecule has 0 radical (unpaired) electrons. The Hall–Kier alpha value is -0.390. The second-order valence-electron chi connectivity index (χ2n) is 4.31. The van der Waals surface area contributed by atoms with Crippen LogP contribution in [0.5, 0.6) is 0 Å². The number of rotatable bonds is 5. The Bertz CT molecular complexity index is 224. The van der Waals surface area contributed by atoms with Gasteiger partial charge in [-0.25, -0.2) is 10.3 Å². The van der Waals surface area contributed by atoms with E-state index in [9.17, 15) is 4.79 Å². The molecule has 15 heavy (non-hydrogen) atoms. The Kier molecular flexibility index (Phi) is 7.92. The highest BCUT2D eigenvalue weighted by Gasteiger charge is 2.23. The first-order chi connectivity index (χ1) is 6.29. The molecule has 1 unspecified atom stereocenters. The minimum Gasteiger partial charge on any atom is -1.00 e. The second kappa shape index (κ2) is 6.98. The third kappa shape index (κ3) is 6.65. The summed E-state index contributed by atoms with van der Waals surface area (Å²) < 4.78 is 0.646. The van der Waals surface area contributed by atoms with Crippen molar-refractivity contribution in [1.82, 2.24) is 5.48 Å². The molecule has 1 amide bonds. The van der Waals surface area contributed by atoms with Crippen molar-refractivity contribution in [3.63, 3.8) is 0 Å². The first kappa shape index (κ1) is 17.0. The van der Waals surface area contributed by atoms with E-state index in [4.69, 9.17) is 4.84 Å². The van der Waals surface area contributed by atoms with E-state index in [1.807, 2.05) is 28.1 Å². The van der Waals surface area contributed by atoms with Crippen LogP contribution in [0, 0.1) is 0 Å². The smallest absolute Gasteiger partial charge is 0.270 e. The van der Waals surface area contributed by atoms with Gasteiger partial charge >= 0.3 is 0 Å². The number of carbonyl (C=O) groups excluding carboxylic acids is 1. The number of hydrogen-bond donors (Lipinski definition) is 1. The predicted molar refractivity (Wildman–Crippen MR) is 56.2 cm³/mol. The first-order valence-corrected chi connectivity index (χ1v) is 4.71. The number of quaternary nitrogens is 1. The van der Waals surface area contributed by atoms with Crippen molar-refractivity contribution in [2.24, 2.45) is 0 Å². The molecule has 0 spiro atoms. The first-order valence-electron chi connectivity index (χ1n) is 4.71. The van der Waals surface area contributed by atoms with Gasteiger partial charge in [0.2, 0.25) is 6.23 Å². The van der Waals surface area contributed by atoms with E-state index in [1.54, 1.807) is 6.92 Å². The van der Waals surface area contributed by atoms with Crippen molar-refractivity contribution >= 4 is 5.91 Å². The Balaban J connectivity index is 0. The van der Waals surface area contributed by atoms with Gasteiger partial charge in [0.1, 0.15) is 0 Å². The number of halogens is 1. The van der Waals surface area contributed by atoms with Gasteiger partial charge in [0.05, 0.1) is 21.1 Å². The highest BCUT2D eigenvalue weighted by molar-refractivity contribution is 5.91. The van der Waals surface area contributed by atoms with Crippen LogP contribution in [-0.2, 0) is 9.63 Å². The van der Waals surface area contributed by atoms with Gasteiger partial charge in [0.25, 0.3) is 5.91 Å². The molecule has 0 aliphatic heterocycles. The summed E-state index contributed by atoms with van der Waals surface area (Å²) in [7, 11) is 6.04. The summed E-state index contributed by atoms with van der Waals surface area (Å²) in [6.07, 6.45) is 0.790. The van der Waals surface area contributed by atoms with Crippen LogP contribution in [0.25, 0.3) is 0 Å². The van der Waals surface area contributed by atoms with Crippen molar-refractivity contribution < 1.29 is 31.1 Å². The lowest BCUT2D eigenvalue weighted by atomic mass is 10.3. The zero-order chi connectivity index (χ0) is 11.4. The molecule has 0 bridgehead atoms. The summed E-state index contributed by atoms with van der Waals surface area (Å²) in [5.41, 5.74) is 2.83. The molecule has 0 aliphatic rings. The summed E-state index contributed by atoms with van der Waals surface area (Å²) in [6, 6.07) is 0. The third-order valence-corrected chi connectivity index (χ3v) is 1.89. The van der Waals surface area contributed by atoms with E-state index in [1.165, 1.54) is 0 Å². The Morgan fingerprint density at radius 1 is 1.47 bits per heavy atom. The highest BCUT2D eigenvalue weighted by Crippen LogP contribution is 2.07. The highest BCUT2D eigenvalue weighted by atomic mass is 79.9. The molecule has 5 heteroatoms. The predicted octanol–water partition coefficient (Wildman–Crippen LogP) is -1.94. The minimum absolute atomic E-state index is 0. The molecule has 90 valence electrons. The van der Waals surface area contributed by atoms with Gasteiger partial charge in [-0.05, 0) is 6.92 Å². The lowest BCUT2D eigenvalue weighted by Crippen LogP contribution is -3.00. The van der Waals surface area contributed by atoms with Crippen LogP contribution in [0.1, 0.15) is 20.3 Å². The van der Waals surface area contributed by atoms with E-state index in [-0.39, 0.29) is 29.1 Å². The van der Waals surface area contributed by atoms with Gasteiger partial charge in [0, 0.05) is 12.0 Å². The van der Waals surface area contributed by atoms with Crippen LogP contribution in [0.2, 0.25) is 0 Å². The van der Waals surface area contributed by atoms with Gasteiger partial charge in [-0.1, -0.05) is 13.5 Å². The molecular formula is C10H21BrN2O2. The number of hydrogen-bond acceptors (Lipinski definition) is 2. The maximum Gasteiger partial charge on any atom is 0.270 e. The van der Waals surface area contributed by atoms with E-state index in [0.717, 1.165) is 6.42 Å². The normalized spacial score (nSPS) is 12.6. The van der Waals surface area contributed by atoms with Crippen LogP contribution < -0.4 is 22.5 Å². The molecule has 0 aromatic carbocycles. The minimum atomic E-state index is -0.267. The van der Waals surface area contributed by atoms with Gasteiger partial charge in [-0.15, -0.1) is 0 Å². The van der Waals surface area contributed by atoms with Crippen molar-refractivity contribution in [3.8, 4) is 0 Å². The summed E-state index contributed by atoms with van der Waals surface area (Å²) in [4.78, 5) is 16.4. The van der Waals surface area contributed by atoms with Crippen LogP contribution >= 0.6 is 0 Å². The maximum atomic E-state index is 11.1. The molecule has 0 saturated carbocycles. The van der Waals surface area contributed by atoms with Crippen LogP contribution in [0.3, 0.4) is 0 Å². The monoisotopic (exact) mass is 280 g/mol. The average Bonchev–Trinajstić information content (AvgIpc) is 2.02. The zero-order valence-electron chi connectivity index (χ0n) is 10.1. The lowest BCUT2D eigenvalue weighted by Gasteiger charge is -2.32. The number of nitrogens with one attached hydrogen (secondary N) is 1. The van der Waals surface area contributed by atoms with Crippen molar-refractivity contribution in [2.45, 2.75) is 26.5 Å². The quantitative estimate of drug-likeness (QED) is 0.275. The van der Waals surface area contributed by atoms with Crippen molar-refractivity contribution in [1.29, 1.82) is 0 Å².